The van der Waals surface area contributed by atoms with E-state index in [2.05, 4.69) is 17.1 Å². The highest BCUT2D eigenvalue weighted by Crippen LogP contribution is 2.40. The molecule has 3 aliphatic heterocycles. The van der Waals surface area contributed by atoms with Crippen LogP contribution in [0.1, 0.15) is 32.6 Å². The second kappa shape index (κ2) is 4.47. The maximum Gasteiger partial charge on any atom is 0.238 e. The van der Waals surface area contributed by atoms with E-state index in [0.29, 0.717) is 17.9 Å². The van der Waals surface area contributed by atoms with Crippen molar-refractivity contribution in [3.05, 3.63) is 0 Å². The second-order valence-electron chi connectivity index (χ2n) is 5.86. The maximum absolute atomic E-state index is 12.6. The van der Waals surface area contributed by atoms with E-state index < -0.39 is 0 Å². The fourth-order valence-corrected chi connectivity index (χ4v) is 4.78. The van der Waals surface area contributed by atoms with E-state index in [-0.39, 0.29) is 4.75 Å². The molecular formula is C13H22N2OS. The molecule has 3 rings (SSSR count). The van der Waals surface area contributed by atoms with Gasteiger partial charge in [-0.05, 0) is 50.8 Å². The number of piperidine rings is 1. The van der Waals surface area contributed by atoms with Crippen LogP contribution in [0.4, 0.5) is 0 Å². The van der Waals surface area contributed by atoms with Crippen LogP contribution >= 0.6 is 11.8 Å². The number of nitrogens with one attached hydrogen (secondary N) is 1. The van der Waals surface area contributed by atoms with Crippen molar-refractivity contribution < 1.29 is 4.79 Å². The summed E-state index contributed by atoms with van der Waals surface area (Å²) in [5.41, 5.74) is 0. The molecule has 0 aromatic rings. The molecule has 1 amide bonds. The van der Waals surface area contributed by atoms with Crippen molar-refractivity contribution in [3.8, 4) is 0 Å². The number of fused-ring (bicyclic) bond motifs is 1. The molecule has 0 bridgehead atoms. The molecule has 0 saturated carbocycles. The van der Waals surface area contributed by atoms with Gasteiger partial charge in [0.05, 0.1) is 4.75 Å². The quantitative estimate of drug-likeness (QED) is 0.769. The summed E-state index contributed by atoms with van der Waals surface area (Å²) >= 11 is 1.86. The Morgan fingerprint density at radius 1 is 1.41 bits per heavy atom. The number of carbonyl (C=O) groups excluding carboxylic acids is 1. The monoisotopic (exact) mass is 254 g/mol. The first-order valence-electron chi connectivity index (χ1n) is 6.86. The van der Waals surface area contributed by atoms with E-state index >= 15 is 0 Å². The first-order chi connectivity index (χ1) is 8.19. The standard InChI is InChI=1S/C13H22N2OS/c1-13(5-3-7-17-13)12(16)15-8-10-4-2-6-14-11(10)9-15/h10-11,14H,2-9H2,1H3/t10-,11+,13?/m0/s1. The van der Waals surface area contributed by atoms with E-state index in [4.69, 9.17) is 0 Å². The van der Waals surface area contributed by atoms with E-state index in [1.54, 1.807) is 0 Å². The summed E-state index contributed by atoms with van der Waals surface area (Å²) in [6.07, 6.45) is 4.84. The zero-order valence-electron chi connectivity index (χ0n) is 10.6. The molecule has 0 spiro atoms. The Morgan fingerprint density at radius 2 is 2.29 bits per heavy atom. The summed E-state index contributed by atoms with van der Waals surface area (Å²) in [5.74, 6) is 2.26. The van der Waals surface area contributed by atoms with E-state index in [0.717, 1.165) is 31.8 Å². The van der Waals surface area contributed by atoms with Crippen LogP contribution in [0.25, 0.3) is 0 Å². The molecule has 3 saturated heterocycles. The molecule has 3 nitrogen and oxygen atoms in total. The Morgan fingerprint density at radius 3 is 3.00 bits per heavy atom. The van der Waals surface area contributed by atoms with Crippen molar-refractivity contribution in [1.29, 1.82) is 0 Å². The topological polar surface area (TPSA) is 32.3 Å². The Balaban J connectivity index is 1.67. The van der Waals surface area contributed by atoms with Crippen molar-refractivity contribution in [3.63, 3.8) is 0 Å². The van der Waals surface area contributed by atoms with Gasteiger partial charge in [-0.15, -0.1) is 11.8 Å². The van der Waals surface area contributed by atoms with Crippen LogP contribution in [0, 0.1) is 5.92 Å². The van der Waals surface area contributed by atoms with E-state index in [1.807, 2.05) is 11.8 Å². The number of nitrogens with zero attached hydrogens (tertiary/aromatic N) is 1. The highest BCUT2D eigenvalue weighted by atomic mass is 32.2. The summed E-state index contributed by atoms with van der Waals surface area (Å²) in [5, 5.41) is 3.57. The minimum absolute atomic E-state index is 0.118. The van der Waals surface area contributed by atoms with Gasteiger partial charge in [-0.1, -0.05) is 0 Å². The van der Waals surface area contributed by atoms with Crippen LogP contribution in [0.15, 0.2) is 0 Å². The molecule has 1 N–H and O–H groups in total. The van der Waals surface area contributed by atoms with E-state index in [9.17, 15) is 4.79 Å². The highest BCUT2D eigenvalue weighted by molar-refractivity contribution is 8.01. The molecule has 3 aliphatic rings. The van der Waals surface area contributed by atoms with Crippen molar-refractivity contribution in [2.75, 3.05) is 25.4 Å². The third kappa shape index (κ3) is 2.10. The summed E-state index contributed by atoms with van der Waals surface area (Å²) < 4.78 is -0.118. The lowest BCUT2D eigenvalue weighted by Gasteiger charge is -2.28. The fourth-order valence-electron chi connectivity index (χ4n) is 3.49. The van der Waals surface area contributed by atoms with Gasteiger partial charge in [-0.25, -0.2) is 0 Å². The Bertz CT molecular complexity index is 301. The molecule has 4 heteroatoms. The fraction of sp³-hybridized carbons (Fsp3) is 0.923. The van der Waals surface area contributed by atoms with Gasteiger partial charge in [-0.2, -0.15) is 0 Å². The summed E-state index contributed by atoms with van der Waals surface area (Å²) in [7, 11) is 0. The largest absolute Gasteiger partial charge is 0.340 e. The van der Waals surface area contributed by atoms with Gasteiger partial charge in [0, 0.05) is 19.1 Å². The molecule has 1 unspecified atom stereocenters. The number of thioether (sulfide) groups is 1. The summed E-state index contributed by atoms with van der Waals surface area (Å²) in [4.78, 5) is 14.7. The molecule has 3 fully saturated rings. The van der Waals surface area contributed by atoms with Gasteiger partial charge in [0.15, 0.2) is 0 Å². The number of rotatable bonds is 1. The predicted octanol–water partition coefficient (Wildman–Crippen LogP) is 1.48. The number of hydrogen-bond acceptors (Lipinski definition) is 3. The first-order valence-corrected chi connectivity index (χ1v) is 7.84. The average Bonchev–Trinajstić information content (AvgIpc) is 2.94. The average molecular weight is 254 g/mol. The Hall–Kier alpha value is -0.220. The number of hydrogen-bond donors (Lipinski definition) is 1. The van der Waals surface area contributed by atoms with Gasteiger partial charge in [0.2, 0.25) is 5.91 Å². The number of amides is 1. The number of likely N-dealkylation sites (tertiary alicyclic amines) is 1. The molecule has 0 radical (unpaired) electrons. The van der Waals surface area contributed by atoms with Gasteiger partial charge in [0.25, 0.3) is 0 Å². The van der Waals surface area contributed by atoms with Gasteiger partial charge in [0.1, 0.15) is 0 Å². The molecule has 0 aromatic heterocycles. The Labute approximate surface area is 108 Å². The normalized spacial score (nSPS) is 41.6. The third-order valence-electron chi connectivity index (χ3n) is 4.56. The molecule has 17 heavy (non-hydrogen) atoms. The number of carbonyl (C=O) groups is 1. The third-order valence-corrected chi connectivity index (χ3v) is 6.07. The molecule has 3 atom stereocenters. The lowest BCUT2D eigenvalue weighted by Crippen LogP contribution is -2.44. The Kier molecular flexibility index (Phi) is 3.11. The van der Waals surface area contributed by atoms with Crippen LogP contribution in [-0.4, -0.2) is 47.0 Å². The van der Waals surface area contributed by atoms with Crippen LogP contribution in [0.2, 0.25) is 0 Å². The summed E-state index contributed by atoms with van der Waals surface area (Å²) in [6, 6.07) is 0.572. The van der Waals surface area contributed by atoms with Crippen LogP contribution < -0.4 is 5.32 Å². The maximum atomic E-state index is 12.6. The predicted molar refractivity (Wildman–Crippen MR) is 71.2 cm³/mol. The van der Waals surface area contributed by atoms with Crippen molar-refractivity contribution in [1.82, 2.24) is 10.2 Å². The van der Waals surface area contributed by atoms with Crippen LogP contribution in [-0.2, 0) is 4.79 Å². The van der Waals surface area contributed by atoms with Gasteiger partial charge < -0.3 is 10.2 Å². The molecule has 0 aliphatic carbocycles. The minimum atomic E-state index is -0.118. The lowest BCUT2D eigenvalue weighted by atomic mass is 9.94. The van der Waals surface area contributed by atoms with Crippen molar-refractivity contribution in [2.24, 2.45) is 5.92 Å². The van der Waals surface area contributed by atoms with Crippen LogP contribution in [0.3, 0.4) is 0 Å². The molecule has 96 valence electrons. The van der Waals surface area contributed by atoms with E-state index in [1.165, 1.54) is 19.3 Å². The molecule has 3 heterocycles. The van der Waals surface area contributed by atoms with Gasteiger partial charge in [-0.3, -0.25) is 4.79 Å². The minimum Gasteiger partial charge on any atom is -0.340 e. The highest BCUT2D eigenvalue weighted by Gasteiger charge is 2.44. The zero-order chi connectivity index (χ0) is 11.9. The molecular weight excluding hydrogens is 232 g/mol. The lowest BCUT2D eigenvalue weighted by molar-refractivity contribution is -0.132. The SMILES string of the molecule is CC1(C(=O)N2C[C@@H]3CCCN[C@@H]3C2)CCCS1. The second-order valence-corrected chi connectivity index (χ2v) is 7.45. The summed E-state index contributed by atoms with van der Waals surface area (Å²) in [6.45, 7) is 5.21. The van der Waals surface area contributed by atoms with Crippen LogP contribution in [0.5, 0.6) is 0 Å². The smallest absolute Gasteiger partial charge is 0.238 e. The van der Waals surface area contributed by atoms with Gasteiger partial charge >= 0.3 is 0 Å². The molecule has 0 aromatic carbocycles. The van der Waals surface area contributed by atoms with Crippen molar-refractivity contribution in [2.45, 2.75) is 43.4 Å². The van der Waals surface area contributed by atoms with Crippen molar-refractivity contribution >= 4 is 17.7 Å². The zero-order valence-corrected chi connectivity index (χ0v) is 11.4. The first kappa shape index (κ1) is 11.8.